The Kier molecular flexibility index (Phi) is 1.16. The van der Waals surface area contributed by atoms with Gasteiger partial charge >= 0.3 is 0 Å². The fraction of sp³-hybridized carbons (Fsp3) is 1.00. The number of hydrogen-bond acceptors (Lipinski definition) is 4. The molecule has 14 heavy (non-hydrogen) atoms. The Hall–Kier alpha value is -0.160. The van der Waals surface area contributed by atoms with Gasteiger partial charge in [-0.2, -0.15) is 0 Å². The van der Waals surface area contributed by atoms with Crippen molar-refractivity contribution in [3.63, 3.8) is 0 Å². The fourth-order valence-corrected chi connectivity index (χ4v) is 4.43. The average Bonchev–Trinajstić information content (AvgIpc) is 2.72. The SMILES string of the molecule is CC12OC3C4CC(C(C41)[C@H](O)O2)[C@@H]3O. The van der Waals surface area contributed by atoms with Gasteiger partial charge in [-0.3, -0.25) is 0 Å². The van der Waals surface area contributed by atoms with Crippen LogP contribution in [-0.2, 0) is 9.47 Å². The Bertz CT molecular complexity index is 306. The minimum Gasteiger partial charge on any atom is -0.390 e. The lowest BCUT2D eigenvalue weighted by molar-refractivity contribution is -0.274. The van der Waals surface area contributed by atoms with Crippen molar-refractivity contribution in [1.29, 1.82) is 0 Å². The molecule has 0 aromatic rings. The van der Waals surface area contributed by atoms with Crippen molar-refractivity contribution >= 4 is 0 Å². The van der Waals surface area contributed by atoms with Crippen LogP contribution in [0.25, 0.3) is 0 Å². The van der Waals surface area contributed by atoms with E-state index >= 15 is 0 Å². The van der Waals surface area contributed by atoms with Crippen LogP contribution in [0.4, 0.5) is 0 Å². The van der Waals surface area contributed by atoms with Gasteiger partial charge in [0.25, 0.3) is 0 Å². The molecule has 4 nitrogen and oxygen atoms in total. The van der Waals surface area contributed by atoms with E-state index in [2.05, 4.69) is 0 Å². The van der Waals surface area contributed by atoms with Crippen LogP contribution in [-0.4, -0.2) is 34.5 Å². The lowest BCUT2D eigenvalue weighted by Crippen LogP contribution is -2.40. The molecular weight excluding hydrogens is 184 g/mol. The van der Waals surface area contributed by atoms with E-state index in [0.717, 1.165) is 6.42 Å². The maximum absolute atomic E-state index is 9.97. The zero-order valence-electron chi connectivity index (χ0n) is 7.96. The van der Waals surface area contributed by atoms with Gasteiger partial charge in [0.05, 0.1) is 12.2 Å². The molecule has 6 unspecified atom stereocenters. The van der Waals surface area contributed by atoms with Gasteiger partial charge in [0, 0.05) is 11.8 Å². The molecule has 2 saturated carbocycles. The second-order valence-corrected chi connectivity index (χ2v) is 5.26. The van der Waals surface area contributed by atoms with Crippen LogP contribution < -0.4 is 0 Å². The second-order valence-electron chi connectivity index (χ2n) is 5.26. The summed E-state index contributed by atoms with van der Waals surface area (Å²) < 4.78 is 11.2. The molecule has 2 aliphatic carbocycles. The van der Waals surface area contributed by atoms with Gasteiger partial charge in [0.2, 0.25) is 0 Å². The second kappa shape index (κ2) is 2.02. The van der Waals surface area contributed by atoms with E-state index < -0.39 is 12.1 Å². The van der Waals surface area contributed by atoms with Crippen molar-refractivity contribution < 1.29 is 19.7 Å². The molecule has 4 fully saturated rings. The maximum atomic E-state index is 9.97. The summed E-state index contributed by atoms with van der Waals surface area (Å²) in [5.74, 6) is 0.358. The summed E-state index contributed by atoms with van der Waals surface area (Å²) in [6.45, 7) is 1.90. The van der Waals surface area contributed by atoms with Crippen LogP contribution in [0.2, 0.25) is 0 Å². The van der Waals surface area contributed by atoms with Crippen molar-refractivity contribution in [2.45, 2.75) is 37.6 Å². The molecule has 2 N–H and O–H groups in total. The Morgan fingerprint density at radius 3 is 2.79 bits per heavy atom. The molecule has 0 spiro atoms. The van der Waals surface area contributed by atoms with Gasteiger partial charge in [0.15, 0.2) is 12.1 Å². The van der Waals surface area contributed by atoms with E-state index in [-0.39, 0.29) is 24.0 Å². The largest absolute Gasteiger partial charge is 0.390 e. The van der Waals surface area contributed by atoms with Gasteiger partial charge in [-0.15, -0.1) is 0 Å². The van der Waals surface area contributed by atoms with E-state index in [1.54, 1.807) is 0 Å². The van der Waals surface area contributed by atoms with Crippen LogP contribution in [0, 0.1) is 23.7 Å². The Balaban J connectivity index is 1.88. The highest BCUT2D eigenvalue weighted by molar-refractivity contribution is 5.17. The highest BCUT2D eigenvalue weighted by Gasteiger charge is 2.75. The van der Waals surface area contributed by atoms with Crippen LogP contribution in [0.5, 0.6) is 0 Å². The number of hydrogen-bond donors (Lipinski definition) is 2. The summed E-state index contributed by atoms with van der Waals surface area (Å²) in [7, 11) is 0. The number of aliphatic hydroxyl groups excluding tert-OH is 2. The molecule has 78 valence electrons. The van der Waals surface area contributed by atoms with Gasteiger partial charge in [-0.1, -0.05) is 0 Å². The standard InChI is InChI=1S/C10H14O4/c1-10-6-4-2-3(5(6)9(12)14-10)7(11)8(4)13-10/h3-9,11-12H,2H2,1H3/t3?,4?,5?,6?,7-,8?,9+,10?/m0/s1. The van der Waals surface area contributed by atoms with Crippen LogP contribution in [0.3, 0.4) is 0 Å². The van der Waals surface area contributed by atoms with Crippen molar-refractivity contribution in [2.75, 3.05) is 0 Å². The van der Waals surface area contributed by atoms with E-state index in [0.29, 0.717) is 11.8 Å². The van der Waals surface area contributed by atoms with Crippen molar-refractivity contribution in [1.82, 2.24) is 0 Å². The third-order valence-electron chi connectivity index (χ3n) is 4.77. The summed E-state index contributed by atoms with van der Waals surface area (Å²) in [4.78, 5) is 0. The van der Waals surface area contributed by atoms with E-state index in [9.17, 15) is 10.2 Å². The monoisotopic (exact) mass is 198 g/mol. The first-order chi connectivity index (χ1) is 6.62. The van der Waals surface area contributed by atoms with Gasteiger partial charge in [0.1, 0.15) is 0 Å². The molecular formula is C10H14O4. The molecule has 2 bridgehead atoms. The Morgan fingerprint density at radius 1 is 1.21 bits per heavy atom. The Labute approximate surface area is 81.8 Å². The number of ether oxygens (including phenoxy) is 2. The molecule has 2 aliphatic heterocycles. The quantitative estimate of drug-likeness (QED) is 0.560. The van der Waals surface area contributed by atoms with Gasteiger partial charge < -0.3 is 19.7 Å². The maximum Gasteiger partial charge on any atom is 0.172 e. The van der Waals surface area contributed by atoms with E-state index in [1.165, 1.54) is 0 Å². The molecule has 0 radical (unpaired) electrons. The summed E-state index contributed by atoms with van der Waals surface area (Å²) >= 11 is 0. The van der Waals surface area contributed by atoms with Gasteiger partial charge in [-0.05, 0) is 25.2 Å². The summed E-state index contributed by atoms with van der Waals surface area (Å²) in [6, 6.07) is 0. The highest BCUT2D eigenvalue weighted by atomic mass is 16.8. The lowest BCUT2D eigenvalue weighted by atomic mass is 9.77. The third kappa shape index (κ3) is 0.608. The Morgan fingerprint density at radius 2 is 2.00 bits per heavy atom. The summed E-state index contributed by atoms with van der Waals surface area (Å²) in [5, 5.41) is 19.8. The molecule has 8 atom stereocenters. The minimum absolute atomic E-state index is 0.0428. The average molecular weight is 198 g/mol. The molecule has 2 heterocycles. The van der Waals surface area contributed by atoms with E-state index in [1.807, 2.05) is 6.92 Å². The van der Waals surface area contributed by atoms with Crippen LogP contribution >= 0.6 is 0 Å². The molecule has 4 aliphatic rings. The first-order valence-electron chi connectivity index (χ1n) is 5.33. The predicted molar refractivity (Wildman–Crippen MR) is 45.0 cm³/mol. The first kappa shape index (κ1) is 8.05. The topological polar surface area (TPSA) is 58.9 Å². The predicted octanol–water partition coefficient (Wildman–Crippen LogP) is -0.307. The van der Waals surface area contributed by atoms with E-state index in [4.69, 9.17) is 9.47 Å². The molecule has 0 aromatic heterocycles. The van der Waals surface area contributed by atoms with Crippen LogP contribution in [0.15, 0.2) is 0 Å². The zero-order valence-corrected chi connectivity index (χ0v) is 7.96. The summed E-state index contributed by atoms with van der Waals surface area (Å²) in [5.41, 5.74) is 0. The molecule has 0 aromatic carbocycles. The highest BCUT2D eigenvalue weighted by Crippen LogP contribution is 2.67. The molecule has 2 saturated heterocycles. The van der Waals surface area contributed by atoms with Crippen LogP contribution in [0.1, 0.15) is 13.3 Å². The van der Waals surface area contributed by atoms with Crippen molar-refractivity contribution in [3.05, 3.63) is 0 Å². The lowest BCUT2D eigenvalue weighted by Gasteiger charge is -2.29. The molecule has 4 rings (SSSR count). The number of fused-ring (bicyclic) bond motifs is 2. The van der Waals surface area contributed by atoms with Crippen molar-refractivity contribution in [3.8, 4) is 0 Å². The van der Waals surface area contributed by atoms with Crippen molar-refractivity contribution in [2.24, 2.45) is 23.7 Å². The molecule has 0 amide bonds. The summed E-state index contributed by atoms with van der Waals surface area (Å²) in [6.07, 6.45) is -0.173. The number of aliphatic hydroxyl groups is 2. The fourth-order valence-electron chi connectivity index (χ4n) is 4.43. The molecule has 4 heteroatoms. The number of rotatable bonds is 0. The van der Waals surface area contributed by atoms with Gasteiger partial charge in [-0.25, -0.2) is 0 Å². The zero-order chi connectivity index (χ0) is 9.66. The normalized spacial score (nSPS) is 73.5. The smallest absolute Gasteiger partial charge is 0.172 e. The third-order valence-corrected chi connectivity index (χ3v) is 4.77. The first-order valence-corrected chi connectivity index (χ1v) is 5.33. The minimum atomic E-state index is -0.740.